The van der Waals surface area contributed by atoms with Crippen molar-refractivity contribution in [3.63, 3.8) is 0 Å². The van der Waals surface area contributed by atoms with Crippen molar-refractivity contribution in [2.24, 2.45) is 11.8 Å². The van der Waals surface area contributed by atoms with Crippen LogP contribution in [0.25, 0.3) is 0 Å². The van der Waals surface area contributed by atoms with Crippen molar-refractivity contribution in [2.45, 2.75) is 32.7 Å². The summed E-state index contributed by atoms with van der Waals surface area (Å²) in [5.74, 6) is -0.165. The lowest BCUT2D eigenvalue weighted by atomic mass is 9.88. The van der Waals surface area contributed by atoms with Gasteiger partial charge in [-0.2, -0.15) is 0 Å². The molecule has 1 unspecified atom stereocenters. The highest BCUT2D eigenvalue weighted by Crippen LogP contribution is 2.23. The maximum absolute atomic E-state index is 12.9. The Balaban J connectivity index is 1.61. The van der Waals surface area contributed by atoms with E-state index in [0.29, 0.717) is 54.0 Å². The largest absolute Gasteiger partial charge is 0.354 e. The second kappa shape index (κ2) is 11.3. The highest BCUT2D eigenvalue weighted by molar-refractivity contribution is 7.12. The summed E-state index contributed by atoms with van der Waals surface area (Å²) in [5, 5.41) is 11.1. The number of anilines is 1. The van der Waals surface area contributed by atoms with Crippen LogP contribution >= 0.6 is 22.9 Å². The van der Waals surface area contributed by atoms with Crippen LogP contribution in [0.2, 0.25) is 5.02 Å². The molecule has 3 rings (SSSR count). The van der Waals surface area contributed by atoms with Crippen molar-refractivity contribution in [3.05, 3.63) is 51.7 Å². The molecule has 3 N–H and O–H groups in total. The Labute approximate surface area is 197 Å². The van der Waals surface area contributed by atoms with E-state index in [2.05, 4.69) is 16.0 Å². The zero-order valence-electron chi connectivity index (χ0n) is 18.3. The van der Waals surface area contributed by atoms with Crippen LogP contribution in [0.4, 0.5) is 10.5 Å². The lowest BCUT2D eigenvalue weighted by Gasteiger charge is -2.35. The minimum atomic E-state index is -0.638. The van der Waals surface area contributed by atoms with Gasteiger partial charge in [0.15, 0.2) is 0 Å². The van der Waals surface area contributed by atoms with Crippen LogP contribution in [-0.4, -0.2) is 48.4 Å². The molecule has 2 aromatic rings. The number of amides is 4. The van der Waals surface area contributed by atoms with Crippen molar-refractivity contribution in [1.82, 2.24) is 15.5 Å². The van der Waals surface area contributed by atoms with Gasteiger partial charge in [0.25, 0.3) is 5.91 Å². The standard InChI is InChI=1S/C23H29ClN4O3S/c1-15(2)14-25-22(30)20(27-21(29)19-7-4-12-32-19)16-8-10-28(11-9-16)23(31)26-18-6-3-5-17(24)13-18/h3-7,12-13,15-16,20H,8-11,14H2,1-2H3,(H,25,30)(H,26,31)(H,27,29). The lowest BCUT2D eigenvalue weighted by Crippen LogP contribution is -2.54. The molecule has 0 radical (unpaired) electrons. The van der Waals surface area contributed by atoms with Crippen LogP contribution in [0, 0.1) is 11.8 Å². The SMILES string of the molecule is CC(C)CNC(=O)C(NC(=O)c1cccs1)C1CCN(C(=O)Nc2cccc(Cl)c2)CC1. The molecule has 1 saturated heterocycles. The summed E-state index contributed by atoms with van der Waals surface area (Å²) in [5.41, 5.74) is 0.638. The predicted octanol–water partition coefficient (Wildman–Crippen LogP) is 4.22. The molecule has 172 valence electrons. The molecular formula is C23H29ClN4O3S. The molecule has 1 atom stereocenters. The highest BCUT2D eigenvalue weighted by Gasteiger charge is 2.34. The number of thiophene rings is 1. The smallest absolute Gasteiger partial charge is 0.321 e. The molecule has 4 amide bonds. The van der Waals surface area contributed by atoms with E-state index in [0.717, 1.165) is 0 Å². The minimum absolute atomic E-state index is 0.0544. The monoisotopic (exact) mass is 476 g/mol. The Morgan fingerprint density at radius 3 is 2.53 bits per heavy atom. The Morgan fingerprint density at radius 1 is 1.16 bits per heavy atom. The maximum Gasteiger partial charge on any atom is 0.321 e. The first kappa shape index (κ1) is 24.1. The van der Waals surface area contributed by atoms with Gasteiger partial charge in [0.1, 0.15) is 6.04 Å². The number of benzene rings is 1. The third kappa shape index (κ3) is 6.71. The molecule has 0 saturated carbocycles. The molecule has 0 bridgehead atoms. The van der Waals surface area contributed by atoms with Gasteiger partial charge >= 0.3 is 6.03 Å². The van der Waals surface area contributed by atoms with Crippen LogP contribution in [0.5, 0.6) is 0 Å². The van der Waals surface area contributed by atoms with E-state index < -0.39 is 6.04 Å². The number of nitrogens with one attached hydrogen (secondary N) is 3. The van der Waals surface area contributed by atoms with Gasteiger partial charge in [-0.25, -0.2) is 4.79 Å². The van der Waals surface area contributed by atoms with Crippen molar-refractivity contribution in [3.8, 4) is 0 Å². The fourth-order valence-corrected chi connectivity index (χ4v) is 4.45. The van der Waals surface area contributed by atoms with Gasteiger partial charge < -0.3 is 20.9 Å². The summed E-state index contributed by atoms with van der Waals surface area (Å²) in [6.07, 6.45) is 1.24. The number of nitrogens with zero attached hydrogens (tertiary/aromatic N) is 1. The second-order valence-electron chi connectivity index (χ2n) is 8.33. The molecule has 7 nitrogen and oxygen atoms in total. The maximum atomic E-state index is 12.9. The number of carbonyl (C=O) groups is 3. The van der Waals surface area contributed by atoms with Crippen LogP contribution in [0.1, 0.15) is 36.4 Å². The van der Waals surface area contributed by atoms with Gasteiger partial charge in [-0.1, -0.05) is 37.6 Å². The zero-order valence-corrected chi connectivity index (χ0v) is 19.8. The molecule has 1 aliphatic heterocycles. The minimum Gasteiger partial charge on any atom is -0.354 e. The number of piperidine rings is 1. The summed E-state index contributed by atoms with van der Waals surface area (Å²) in [6, 6.07) is 9.72. The number of urea groups is 1. The molecule has 1 aromatic carbocycles. The molecule has 1 fully saturated rings. The second-order valence-corrected chi connectivity index (χ2v) is 9.72. The van der Waals surface area contributed by atoms with E-state index in [1.165, 1.54) is 11.3 Å². The quantitative estimate of drug-likeness (QED) is 0.559. The molecule has 9 heteroatoms. The van der Waals surface area contributed by atoms with Gasteiger partial charge in [0.05, 0.1) is 4.88 Å². The summed E-state index contributed by atoms with van der Waals surface area (Å²) in [6.45, 7) is 5.60. The highest BCUT2D eigenvalue weighted by atomic mass is 35.5. The van der Waals surface area contributed by atoms with E-state index in [-0.39, 0.29) is 23.8 Å². The van der Waals surface area contributed by atoms with E-state index in [4.69, 9.17) is 11.6 Å². The van der Waals surface area contributed by atoms with E-state index in [1.54, 1.807) is 35.2 Å². The summed E-state index contributed by atoms with van der Waals surface area (Å²) < 4.78 is 0. The van der Waals surface area contributed by atoms with Gasteiger partial charge in [0, 0.05) is 30.3 Å². The molecule has 1 aliphatic rings. The Hall–Kier alpha value is -2.58. The summed E-state index contributed by atoms with van der Waals surface area (Å²) >= 11 is 7.33. The van der Waals surface area contributed by atoms with Gasteiger partial charge in [0.2, 0.25) is 5.91 Å². The lowest BCUT2D eigenvalue weighted by molar-refractivity contribution is -0.124. The van der Waals surface area contributed by atoms with Crippen LogP contribution in [0.15, 0.2) is 41.8 Å². The van der Waals surface area contributed by atoms with Crippen molar-refractivity contribution in [1.29, 1.82) is 0 Å². The average Bonchev–Trinajstić information content (AvgIpc) is 3.31. The van der Waals surface area contributed by atoms with Crippen molar-refractivity contribution < 1.29 is 14.4 Å². The third-order valence-electron chi connectivity index (χ3n) is 5.37. The first-order chi connectivity index (χ1) is 15.3. The van der Waals surface area contributed by atoms with Crippen LogP contribution < -0.4 is 16.0 Å². The fraction of sp³-hybridized carbons (Fsp3) is 0.435. The molecule has 0 spiro atoms. The van der Waals surface area contributed by atoms with Crippen LogP contribution in [-0.2, 0) is 4.79 Å². The Morgan fingerprint density at radius 2 is 1.91 bits per heavy atom. The van der Waals surface area contributed by atoms with Gasteiger partial charge in [-0.15, -0.1) is 11.3 Å². The number of hydrogen-bond acceptors (Lipinski definition) is 4. The summed E-state index contributed by atoms with van der Waals surface area (Å²) in [4.78, 5) is 40.5. The first-order valence-corrected chi connectivity index (χ1v) is 12.0. The molecule has 2 heterocycles. The number of hydrogen-bond donors (Lipinski definition) is 3. The number of rotatable bonds is 7. The normalized spacial score (nSPS) is 15.3. The Bertz CT molecular complexity index is 927. The average molecular weight is 477 g/mol. The molecule has 1 aromatic heterocycles. The van der Waals surface area contributed by atoms with Gasteiger partial charge in [-0.05, 0) is 54.3 Å². The number of likely N-dealkylation sites (tertiary alicyclic amines) is 1. The molecule has 0 aliphatic carbocycles. The van der Waals surface area contributed by atoms with Crippen molar-refractivity contribution in [2.75, 3.05) is 25.0 Å². The van der Waals surface area contributed by atoms with E-state index in [9.17, 15) is 14.4 Å². The zero-order chi connectivity index (χ0) is 23.1. The summed E-state index contributed by atoms with van der Waals surface area (Å²) in [7, 11) is 0. The molecule has 32 heavy (non-hydrogen) atoms. The van der Waals surface area contributed by atoms with E-state index >= 15 is 0 Å². The van der Waals surface area contributed by atoms with Gasteiger partial charge in [-0.3, -0.25) is 9.59 Å². The first-order valence-electron chi connectivity index (χ1n) is 10.8. The van der Waals surface area contributed by atoms with E-state index in [1.807, 2.05) is 25.3 Å². The fourth-order valence-electron chi connectivity index (χ4n) is 3.64. The topological polar surface area (TPSA) is 90.5 Å². The predicted molar refractivity (Wildman–Crippen MR) is 128 cm³/mol. The van der Waals surface area contributed by atoms with Crippen molar-refractivity contribution >= 4 is 46.5 Å². The Kier molecular flexibility index (Phi) is 8.53. The molecular weight excluding hydrogens is 448 g/mol. The number of carbonyl (C=O) groups excluding carboxylic acids is 3. The third-order valence-corrected chi connectivity index (χ3v) is 6.48. The number of halogens is 1. The van der Waals surface area contributed by atoms with Crippen LogP contribution in [0.3, 0.4) is 0 Å².